The van der Waals surface area contributed by atoms with Crippen LogP contribution in [0.5, 0.6) is 0 Å². The Morgan fingerprint density at radius 1 is 1.47 bits per heavy atom. The molecule has 1 unspecified atom stereocenters. The number of carboxylic acid groups (broad SMARTS) is 1. The molecule has 4 N–H and O–H groups in total. The van der Waals surface area contributed by atoms with Crippen LogP contribution in [-0.4, -0.2) is 34.3 Å². The van der Waals surface area contributed by atoms with Crippen LogP contribution in [0.3, 0.4) is 0 Å². The molecular formula is C9H10F3N3O2. The average molecular weight is 249 g/mol. The third kappa shape index (κ3) is 3.59. The Hall–Kier alpha value is -1.83. The van der Waals surface area contributed by atoms with Crippen molar-refractivity contribution in [3.63, 3.8) is 0 Å². The van der Waals surface area contributed by atoms with Crippen LogP contribution in [-0.2, 0) is 4.79 Å². The molecule has 94 valence electrons. The van der Waals surface area contributed by atoms with Gasteiger partial charge in [-0.3, -0.25) is 4.79 Å². The van der Waals surface area contributed by atoms with E-state index < -0.39 is 24.2 Å². The number of hydrogen-bond donors (Lipinski definition) is 3. The van der Waals surface area contributed by atoms with Crippen LogP contribution in [0.15, 0.2) is 24.4 Å². The third-order valence-electron chi connectivity index (χ3n) is 1.97. The predicted octanol–water partition coefficient (Wildman–Crippen LogP) is 0.836. The maximum atomic E-state index is 12.6. The van der Waals surface area contributed by atoms with E-state index in [0.717, 1.165) is 0 Å². The van der Waals surface area contributed by atoms with Crippen LogP contribution in [0.4, 0.5) is 19.0 Å². The van der Waals surface area contributed by atoms with Crippen molar-refractivity contribution in [3.05, 3.63) is 24.4 Å². The van der Waals surface area contributed by atoms with Crippen LogP contribution in [0.25, 0.3) is 0 Å². The zero-order valence-corrected chi connectivity index (χ0v) is 8.48. The van der Waals surface area contributed by atoms with Gasteiger partial charge in [-0.05, 0) is 12.1 Å². The molecule has 0 aliphatic heterocycles. The summed E-state index contributed by atoms with van der Waals surface area (Å²) in [6.45, 7) is 0. The summed E-state index contributed by atoms with van der Waals surface area (Å²) in [5.41, 5.74) is 4.98. The number of aliphatic carboxylic acids is 1. The molecule has 2 atom stereocenters. The van der Waals surface area contributed by atoms with Crippen LogP contribution >= 0.6 is 0 Å². The van der Waals surface area contributed by atoms with Gasteiger partial charge in [-0.25, -0.2) is 4.98 Å². The third-order valence-corrected chi connectivity index (χ3v) is 1.97. The van der Waals surface area contributed by atoms with Crippen molar-refractivity contribution in [2.75, 3.05) is 5.32 Å². The lowest BCUT2D eigenvalue weighted by Gasteiger charge is -2.24. The molecule has 0 saturated carbocycles. The van der Waals surface area contributed by atoms with Gasteiger partial charge in [-0.1, -0.05) is 6.07 Å². The fourth-order valence-corrected chi connectivity index (χ4v) is 1.13. The summed E-state index contributed by atoms with van der Waals surface area (Å²) in [6.07, 6.45) is -3.50. The smallest absolute Gasteiger partial charge is 0.410 e. The largest absolute Gasteiger partial charge is 0.480 e. The molecule has 0 aliphatic carbocycles. The molecule has 1 heterocycles. The highest BCUT2D eigenvalue weighted by Gasteiger charge is 2.46. The Kier molecular flexibility index (Phi) is 3.89. The van der Waals surface area contributed by atoms with E-state index in [2.05, 4.69) is 4.98 Å². The molecule has 1 aromatic rings. The first-order valence-corrected chi connectivity index (χ1v) is 4.55. The molecule has 0 aromatic carbocycles. The fraction of sp³-hybridized carbons (Fsp3) is 0.333. The highest BCUT2D eigenvalue weighted by Crippen LogP contribution is 2.24. The minimum atomic E-state index is -4.78. The number of pyridine rings is 1. The normalized spacial score (nSPS) is 15.1. The van der Waals surface area contributed by atoms with Crippen molar-refractivity contribution in [2.45, 2.75) is 18.3 Å². The summed E-state index contributed by atoms with van der Waals surface area (Å²) in [6, 6.07) is -0.223. The maximum Gasteiger partial charge on any atom is 0.410 e. The highest BCUT2D eigenvalue weighted by molar-refractivity contribution is 5.75. The standard InChI is InChI=1S/C9H10F3N3O2/c10-9(11,12)7(6(13)8(16)17)15-5-3-1-2-4-14-5/h1-4,6-7H,13H2,(H,14,15)(H,16,17)/t6?,7-/m1/s1. The number of rotatable bonds is 4. The van der Waals surface area contributed by atoms with Gasteiger partial charge in [0.05, 0.1) is 0 Å². The lowest BCUT2D eigenvalue weighted by molar-refractivity contribution is -0.161. The SMILES string of the molecule is NC(C(=O)O)[C@@H](Nc1ccccn1)C(F)(F)F. The van der Waals surface area contributed by atoms with E-state index in [0.29, 0.717) is 0 Å². The van der Waals surface area contributed by atoms with Gasteiger partial charge >= 0.3 is 12.1 Å². The van der Waals surface area contributed by atoms with Gasteiger partial charge < -0.3 is 16.2 Å². The van der Waals surface area contributed by atoms with Gasteiger partial charge in [-0.2, -0.15) is 13.2 Å². The van der Waals surface area contributed by atoms with E-state index in [9.17, 15) is 18.0 Å². The molecule has 17 heavy (non-hydrogen) atoms. The van der Waals surface area contributed by atoms with Crippen molar-refractivity contribution < 1.29 is 23.1 Å². The molecule has 0 saturated heterocycles. The first kappa shape index (κ1) is 13.2. The van der Waals surface area contributed by atoms with E-state index in [1.807, 2.05) is 5.32 Å². The molecule has 0 bridgehead atoms. The molecule has 0 fully saturated rings. The quantitative estimate of drug-likeness (QED) is 0.735. The van der Waals surface area contributed by atoms with Crippen LogP contribution in [0.1, 0.15) is 0 Å². The second kappa shape index (κ2) is 5.00. The maximum absolute atomic E-state index is 12.6. The number of carbonyl (C=O) groups is 1. The van der Waals surface area contributed by atoms with Crippen LogP contribution < -0.4 is 11.1 Å². The number of nitrogens with two attached hydrogens (primary N) is 1. The lowest BCUT2D eigenvalue weighted by atomic mass is 10.1. The van der Waals surface area contributed by atoms with Crippen molar-refractivity contribution >= 4 is 11.8 Å². The topological polar surface area (TPSA) is 88.2 Å². The second-order valence-electron chi connectivity index (χ2n) is 3.24. The fourth-order valence-electron chi connectivity index (χ4n) is 1.13. The summed E-state index contributed by atoms with van der Waals surface area (Å²) in [5.74, 6) is -1.83. The Bertz CT molecular complexity index is 383. The van der Waals surface area contributed by atoms with Crippen molar-refractivity contribution in [1.29, 1.82) is 0 Å². The summed E-state index contributed by atoms with van der Waals surface area (Å²) in [5, 5.41) is 10.5. The Morgan fingerprint density at radius 3 is 2.53 bits per heavy atom. The van der Waals surface area contributed by atoms with Gasteiger partial charge in [0, 0.05) is 6.20 Å². The zero-order chi connectivity index (χ0) is 13.1. The molecule has 0 aliphatic rings. The monoisotopic (exact) mass is 249 g/mol. The van der Waals surface area contributed by atoms with Crippen LogP contribution in [0, 0.1) is 0 Å². The zero-order valence-electron chi connectivity index (χ0n) is 8.48. The minimum Gasteiger partial charge on any atom is -0.480 e. The van der Waals surface area contributed by atoms with Crippen LogP contribution in [0.2, 0.25) is 0 Å². The first-order chi connectivity index (χ1) is 7.82. The van der Waals surface area contributed by atoms with Gasteiger partial charge in [0.15, 0.2) is 0 Å². The number of alkyl halides is 3. The van der Waals surface area contributed by atoms with Crippen molar-refractivity contribution in [2.24, 2.45) is 5.73 Å². The number of nitrogens with zero attached hydrogens (tertiary/aromatic N) is 1. The summed E-state index contributed by atoms with van der Waals surface area (Å²) in [4.78, 5) is 14.1. The van der Waals surface area contributed by atoms with E-state index in [1.54, 1.807) is 0 Å². The molecule has 0 radical (unpaired) electrons. The number of nitrogens with one attached hydrogen (secondary N) is 1. The Morgan fingerprint density at radius 2 is 2.12 bits per heavy atom. The van der Waals surface area contributed by atoms with Gasteiger partial charge in [-0.15, -0.1) is 0 Å². The molecule has 0 spiro atoms. The van der Waals surface area contributed by atoms with E-state index in [1.165, 1.54) is 24.4 Å². The number of aromatic nitrogens is 1. The molecule has 0 amide bonds. The lowest BCUT2D eigenvalue weighted by Crippen LogP contribution is -2.54. The number of hydrogen-bond acceptors (Lipinski definition) is 4. The van der Waals surface area contributed by atoms with Crippen molar-refractivity contribution in [3.8, 4) is 0 Å². The van der Waals surface area contributed by atoms with Gasteiger partial charge in [0.2, 0.25) is 0 Å². The summed E-state index contributed by atoms with van der Waals surface area (Å²) in [7, 11) is 0. The van der Waals surface area contributed by atoms with E-state index >= 15 is 0 Å². The van der Waals surface area contributed by atoms with E-state index in [-0.39, 0.29) is 5.82 Å². The minimum absolute atomic E-state index is 0.0912. The summed E-state index contributed by atoms with van der Waals surface area (Å²) >= 11 is 0. The number of carboxylic acids is 1. The highest BCUT2D eigenvalue weighted by atomic mass is 19.4. The van der Waals surface area contributed by atoms with Crippen molar-refractivity contribution in [1.82, 2.24) is 4.98 Å². The molecule has 1 rings (SSSR count). The Labute approximate surface area is 94.5 Å². The predicted molar refractivity (Wildman–Crippen MR) is 53.3 cm³/mol. The second-order valence-corrected chi connectivity index (χ2v) is 3.24. The molecular weight excluding hydrogens is 239 g/mol. The molecule has 1 aromatic heterocycles. The molecule has 8 heteroatoms. The summed E-state index contributed by atoms with van der Waals surface area (Å²) < 4.78 is 37.7. The first-order valence-electron chi connectivity index (χ1n) is 4.55. The van der Waals surface area contributed by atoms with Gasteiger partial charge in [0.1, 0.15) is 17.9 Å². The van der Waals surface area contributed by atoms with E-state index in [4.69, 9.17) is 10.8 Å². The number of halogens is 3. The Balaban J connectivity index is 2.89. The average Bonchev–Trinajstić information content (AvgIpc) is 2.24. The van der Waals surface area contributed by atoms with Gasteiger partial charge in [0.25, 0.3) is 0 Å². The number of anilines is 1. The molecule has 5 nitrogen and oxygen atoms in total.